The van der Waals surface area contributed by atoms with Crippen LogP contribution < -0.4 is 5.32 Å². The molecule has 0 unspecified atom stereocenters. The van der Waals surface area contributed by atoms with Crippen molar-refractivity contribution in [1.82, 2.24) is 10.2 Å². The highest BCUT2D eigenvalue weighted by molar-refractivity contribution is 6.34. The molecular formula is C20H19ClN2O3. The fourth-order valence-corrected chi connectivity index (χ4v) is 2.86. The Bertz CT molecular complexity index is 815. The van der Waals surface area contributed by atoms with E-state index in [1.807, 2.05) is 30.3 Å². The lowest BCUT2D eigenvalue weighted by Crippen LogP contribution is -2.44. The Kier molecular flexibility index (Phi) is 6.04. The fraction of sp³-hybridized carbons (Fsp3) is 0.200. The van der Waals surface area contributed by atoms with E-state index < -0.39 is 5.91 Å². The number of benzene rings is 2. The molecule has 0 bridgehead atoms. The molecule has 3 rings (SSSR count). The van der Waals surface area contributed by atoms with Gasteiger partial charge in [0.1, 0.15) is 5.70 Å². The highest BCUT2D eigenvalue weighted by atomic mass is 35.5. The molecule has 1 saturated heterocycles. The molecule has 1 aliphatic rings. The molecular weight excluding hydrogens is 352 g/mol. The van der Waals surface area contributed by atoms with Crippen molar-refractivity contribution in [3.8, 4) is 0 Å². The number of halogens is 1. The summed E-state index contributed by atoms with van der Waals surface area (Å²) in [4.78, 5) is 27.2. The molecule has 0 atom stereocenters. The van der Waals surface area contributed by atoms with Crippen LogP contribution in [0.5, 0.6) is 0 Å². The number of rotatable bonds is 4. The van der Waals surface area contributed by atoms with Crippen LogP contribution in [0, 0.1) is 0 Å². The standard InChI is InChI=1S/C20H19ClN2O3/c21-17-9-5-4-8-16(17)19(24)22-18(14-15-6-2-1-3-7-15)20(25)23-10-12-26-13-11-23/h1-9,14H,10-13H2,(H,22,24)/b18-14+. The van der Waals surface area contributed by atoms with Gasteiger partial charge in [-0.2, -0.15) is 0 Å². The maximum Gasteiger partial charge on any atom is 0.270 e. The van der Waals surface area contributed by atoms with Gasteiger partial charge in [-0.3, -0.25) is 9.59 Å². The molecule has 1 aliphatic heterocycles. The zero-order valence-electron chi connectivity index (χ0n) is 14.2. The third kappa shape index (κ3) is 4.50. The first kappa shape index (κ1) is 18.2. The molecule has 0 radical (unpaired) electrons. The van der Waals surface area contributed by atoms with Gasteiger partial charge in [-0.15, -0.1) is 0 Å². The van der Waals surface area contributed by atoms with E-state index in [1.165, 1.54) is 0 Å². The summed E-state index contributed by atoms with van der Waals surface area (Å²) in [6, 6.07) is 16.1. The summed E-state index contributed by atoms with van der Waals surface area (Å²) < 4.78 is 5.30. The summed E-state index contributed by atoms with van der Waals surface area (Å²) in [5, 5.41) is 3.06. The van der Waals surface area contributed by atoms with Crippen molar-refractivity contribution in [3.05, 3.63) is 76.4 Å². The zero-order valence-corrected chi connectivity index (χ0v) is 14.9. The average molecular weight is 371 g/mol. The van der Waals surface area contributed by atoms with Crippen molar-refractivity contribution < 1.29 is 14.3 Å². The normalized spacial score (nSPS) is 14.8. The van der Waals surface area contributed by atoms with Gasteiger partial charge >= 0.3 is 0 Å². The van der Waals surface area contributed by atoms with Gasteiger partial charge in [-0.25, -0.2) is 0 Å². The Hall–Kier alpha value is -2.63. The number of amides is 2. The van der Waals surface area contributed by atoms with Gasteiger partial charge in [-0.05, 0) is 23.8 Å². The van der Waals surface area contributed by atoms with E-state index >= 15 is 0 Å². The molecule has 0 aromatic heterocycles. The Morgan fingerprint density at radius 1 is 1.00 bits per heavy atom. The quantitative estimate of drug-likeness (QED) is 0.842. The third-order valence-corrected chi connectivity index (χ3v) is 4.34. The van der Waals surface area contributed by atoms with E-state index in [0.717, 1.165) is 5.56 Å². The Balaban J connectivity index is 1.87. The minimum absolute atomic E-state index is 0.211. The largest absolute Gasteiger partial charge is 0.378 e. The van der Waals surface area contributed by atoms with Crippen LogP contribution in [0.4, 0.5) is 0 Å². The number of nitrogens with zero attached hydrogens (tertiary/aromatic N) is 1. The SMILES string of the molecule is O=C(N/C(=C/c1ccccc1)C(=O)N1CCOCC1)c1ccccc1Cl. The van der Waals surface area contributed by atoms with Crippen molar-refractivity contribution >= 4 is 29.5 Å². The summed E-state index contributed by atoms with van der Waals surface area (Å²) in [7, 11) is 0. The predicted octanol–water partition coefficient (Wildman–Crippen LogP) is 2.97. The van der Waals surface area contributed by atoms with Crippen molar-refractivity contribution in [2.24, 2.45) is 0 Å². The van der Waals surface area contributed by atoms with Crippen LogP contribution in [0.25, 0.3) is 6.08 Å². The molecule has 0 saturated carbocycles. The number of ether oxygens (including phenoxy) is 1. The lowest BCUT2D eigenvalue weighted by atomic mass is 10.1. The van der Waals surface area contributed by atoms with Gasteiger partial charge in [0.25, 0.3) is 11.8 Å². The minimum atomic E-state index is -0.417. The summed E-state index contributed by atoms with van der Waals surface area (Å²) in [5.74, 6) is -0.656. The number of hydrogen-bond donors (Lipinski definition) is 1. The van der Waals surface area contributed by atoms with Crippen LogP contribution in [0.3, 0.4) is 0 Å². The molecule has 0 aliphatic carbocycles. The highest BCUT2D eigenvalue weighted by Crippen LogP contribution is 2.16. The maximum absolute atomic E-state index is 12.9. The summed E-state index contributed by atoms with van der Waals surface area (Å²) >= 11 is 6.10. The van der Waals surface area contributed by atoms with E-state index in [2.05, 4.69) is 5.32 Å². The van der Waals surface area contributed by atoms with E-state index in [0.29, 0.717) is 36.9 Å². The Labute approximate surface area is 157 Å². The zero-order chi connectivity index (χ0) is 18.4. The fourth-order valence-electron chi connectivity index (χ4n) is 2.64. The van der Waals surface area contributed by atoms with Crippen LogP contribution >= 0.6 is 11.6 Å². The highest BCUT2D eigenvalue weighted by Gasteiger charge is 2.23. The van der Waals surface area contributed by atoms with Gasteiger partial charge in [-0.1, -0.05) is 54.1 Å². The predicted molar refractivity (Wildman–Crippen MR) is 101 cm³/mol. The molecule has 2 amide bonds. The molecule has 5 nitrogen and oxygen atoms in total. The van der Waals surface area contributed by atoms with E-state index in [4.69, 9.17) is 16.3 Å². The first-order valence-electron chi connectivity index (χ1n) is 8.35. The van der Waals surface area contributed by atoms with Crippen LogP contribution in [-0.2, 0) is 9.53 Å². The second kappa shape index (κ2) is 8.65. The summed E-state index contributed by atoms with van der Waals surface area (Å²) in [6.45, 7) is 1.96. The van der Waals surface area contributed by atoms with Crippen molar-refractivity contribution in [2.45, 2.75) is 0 Å². The number of morpholine rings is 1. The molecule has 1 heterocycles. The van der Waals surface area contributed by atoms with Gasteiger partial charge in [0.05, 0.1) is 23.8 Å². The topological polar surface area (TPSA) is 58.6 Å². The van der Waals surface area contributed by atoms with Gasteiger partial charge in [0.15, 0.2) is 0 Å². The number of carbonyl (C=O) groups is 2. The Morgan fingerprint density at radius 3 is 2.35 bits per heavy atom. The second-order valence-electron chi connectivity index (χ2n) is 5.81. The van der Waals surface area contributed by atoms with Crippen LogP contribution in [-0.4, -0.2) is 43.0 Å². The van der Waals surface area contributed by atoms with Crippen molar-refractivity contribution in [3.63, 3.8) is 0 Å². The van der Waals surface area contributed by atoms with Crippen LogP contribution in [0.15, 0.2) is 60.3 Å². The molecule has 2 aromatic rings. The number of nitrogens with one attached hydrogen (secondary N) is 1. The summed E-state index contributed by atoms with van der Waals surface area (Å²) in [5.41, 5.74) is 1.36. The second-order valence-corrected chi connectivity index (χ2v) is 6.21. The molecule has 134 valence electrons. The van der Waals surface area contributed by atoms with Crippen molar-refractivity contribution in [2.75, 3.05) is 26.3 Å². The third-order valence-electron chi connectivity index (χ3n) is 4.01. The number of carbonyl (C=O) groups excluding carboxylic acids is 2. The molecule has 1 fully saturated rings. The average Bonchev–Trinajstić information content (AvgIpc) is 2.68. The molecule has 0 spiro atoms. The molecule has 6 heteroatoms. The van der Waals surface area contributed by atoms with E-state index in [-0.39, 0.29) is 11.6 Å². The Morgan fingerprint density at radius 2 is 1.65 bits per heavy atom. The monoisotopic (exact) mass is 370 g/mol. The lowest BCUT2D eigenvalue weighted by Gasteiger charge is -2.28. The van der Waals surface area contributed by atoms with Gasteiger partial charge in [0, 0.05) is 13.1 Å². The molecule has 1 N–H and O–H groups in total. The summed E-state index contributed by atoms with van der Waals surface area (Å²) in [6.07, 6.45) is 1.67. The van der Waals surface area contributed by atoms with Gasteiger partial charge < -0.3 is 15.0 Å². The number of hydrogen-bond acceptors (Lipinski definition) is 3. The van der Waals surface area contributed by atoms with Gasteiger partial charge in [0.2, 0.25) is 0 Å². The maximum atomic E-state index is 12.9. The first-order valence-corrected chi connectivity index (χ1v) is 8.72. The van der Waals surface area contributed by atoms with Crippen molar-refractivity contribution in [1.29, 1.82) is 0 Å². The smallest absolute Gasteiger partial charge is 0.270 e. The van der Waals surface area contributed by atoms with Crippen LogP contribution in [0.2, 0.25) is 5.02 Å². The lowest BCUT2D eigenvalue weighted by molar-refractivity contribution is -0.131. The molecule has 26 heavy (non-hydrogen) atoms. The molecule has 2 aromatic carbocycles. The van der Waals surface area contributed by atoms with E-state index in [1.54, 1.807) is 35.2 Å². The first-order chi connectivity index (χ1) is 12.6. The van der Waals surface area contributed by atoms with Crippen LogP contribution in [0.1, 0.15) is 15.9 Å². The minimum Gasteiger partial charge on any atom is -0.378 e. The van der Waals surface area contributed by atoms with E-state index in [9.17, 15) is 9.59 Å².